The number of hydrogen-bond donors (Lipinski definition) is 2. The van der Waals surface area contributed by atoms with E-state index in [9.17, 15) is 9.18 Å². The van der Waals surface area contributed by atoms with Crippen molar-refractivity contribution in [3.05, 3.63) is 64.7 Å². The summed E-state index contributed by atoms with van der Waals surface area (Å²) in [6.45, 7) is 1.44. The van der Waals surface area contributed by atoms with Crippen molar-refractivity contribution in [3.8, 4) is 11.4 Å². The third kappa shape index (κ3) is 3.86. The van der Waals surface area contributed by atoms with Crippen molar-refractivity contribution in [1.82, 2.24) is 14.9 Å². The van der Waals surface area contributed by atoms with Gasteiger partial charge in [0.1, 0.15) is 5.82 Å². The Morgan fingerprint density at radius 3 is 2.68 bits per heavy atom. The van der Waals surface area contributed by atoms with Gasteiger partial charge in [0, 0.05) is 12.6 Å². The maximum absolute atomic E-state index is 14.0. The van der Waals surface area contributed by atoms with Crippen molar-refractivity contribution in [3.63, 3.8) is 0 Å². The maximum Gasteiger partial charge on any atom is 0.221 e. The van der Waals surface area contributed by atoms with Gasteiger partial charge in [0.25, 0.3) is 0 Å². The first-order valence-corrected chi connectivity index (χ1v) is 7.80. The van der Waals surface area contributed by atoms with Crippen molar-refractivity contribution in [2.75, 3.05) is 5.32 Å². The van der Waals surface area contributed by atoms with Crippen LogP contribution in [0.5, 0.6) is 0 Å². The molecule has 1 heterocycles. The lowest BCUT2D eigenvalue weighted by Crippen LogP contribution is -2.05. The number of nitrogens with zero attached hydrogens (tertiary/aromatic N) is 3. The van der Waals surface area contributed by atoms with Crippen LogP contribution in [0.15, 0.2) is 53.6 Å². The fraction of sp³-hybridized carbons (Fsp3) is 0.0588. The van der Waals surface area contributed by atoms with E-state index in [0.717, 1.165) is 5.56 Å². The largest absolute Gasteiger partial charge is 0.326 e. The van der Waals surface area contributed by atoms with Gasteiger partial charge in [-0.15, -0.1) is 0 Å². The van der Waals surface area contributed by atoms with Crippen LogP contribution in [0, 0.1) is 10.6 Å². The number of rotatable bonds is 4. The molecular formula is C17H14FN5OS. The van der Waals surface area contributed by atoms with E-state index in [4.69, 9.17) is 12.2 Å². The van der Waals surface area contributed by atoms with Gasteiger partial charge in [0.2, 0.25) is 10.7 Å². The first-order chi connectivity index (χ1) is 12.0. The van der Waals surface area contributed by atoms with Gasteiger partial charge in [-0.3, -0.25) is 4.79 Å². The second-order valence-electron chi connectivity index (χ2n) is 5.19. The molecule has 0 aliphatic carbocycles. The van der Waals surface area contributed by atoms with Gasteiger partial charge < -0.3 is 5.32 Å². The van der Waals surface area contributed by atoms with E-state index in [2.05, 4.69) is 20.6 Å². The Labute approximate surface area is 148 Å². The number of H-pyrrole nitrogens is 1. The second kappa shape index (κ2) is 7.18. The SMILES string of the molecule is CC(=O)Nc1ccc(/C=N\n2c(-c3ccccc3F)n[nH]c2=S)cc1. The van der Waals surface area contributed by atoms with E-state index in [0.29, 0.717) is 11.3 Å². The molecule has 1 amide bonds. The van der Waals surface area contributed by atoms with E-state index in [1.807, 2.05) is 0 Å². The van der Waals surface area contributed by atoms with Crippen molar-refractivity contribution in [2.45, 2.75) is 6.92 Å². The number of aromatic amines is 1. The van der Waals surface area contributed by atoms with Crippen LogP contribution in [0.25, 0.3) is 11.4 Å². The van der Waals surface area contributed by atoms with E-state index >= 15 is 0 Å². The second-order valence-corrected chi connectivity index (χ2v) is 5.58. The number of carbonyl (C=O) groups excluding carboxylic acids is 1. The summed E-state index contributed by atoms with van der Waals surface area (Å²) in [6.07, 6.45) is 1.58. The molecule has 6 nitrogen and oxygen atoms in total. The van der Waals surface area contributed by atoms with Crippen LogP contribution in [0.3, 0.4) is 0 Å². The summed E-state index contributed by atoms with van der Waals surface area (Å²) in [6, 6.07) is 13.4. The number of benzene rings is 2. The Hall–Kier alpha value is -3.13. The highest BCUT2D eigenvalue weighted by atomic mass is 32.1. The lowest BCUT2D eigenvalue weighted by atomic mass is 10.2. The third-order valence-corrected chi connectivity index (χ3v) is 3.58. The summed E-state index contributed by atoms with van der Waals surface area (Å²) in [5.41, 5.74) is 1.78. The number of halogens is 1. The quantitative estimate of drug-likeness (QED) is 0.555. The normalized spacial score (nSPS) is 11.0. The molecule has 0 aliphatic heterocycles. The molecule has 0 radical (unpaired) electrons. The lowest BCUT2D eigenvalue weighted by molar-refractivity contribution is -0.114. The molecule has 126 valence electrons. The van der Waals surface area contributed by atoms with Crippen LogP contribution in [0.1, 0.15) is 12.5 Å². The predicted octanol–water partition coefficient (Wildman–Crippen LogP) is 3.59. The topological polar surface area (TPSA) is 75.1 Å². The zero-order valence-corrected chi connectivity index (χ0v) is 14.0. The highest BCUT2D eigenvalue weighted by Gasteiger charge is 2.12. The molecule has 3 rings (SSSR count). The summed E-state index contributed by atoms with van der Waals surface area (Å²) in [4.78, 5) is 11.0. The number of hydrogen-bond acceptors (Lipinski definition) is 4. The Bertz CT molecular complexity index is 991. The summed E-state index contributed by atoms with van der Waals surface area (Å²) in [5, 5.41) is 13.6. The first-order valence-electron chi connectivity index (χ1n) is 7.39. The molecule has 0 atom stereocenters. The van der Waals surface area contributed by atoms with Gasteiger partial charge in [0.05, 0.1) is 11.8 Å². The van der Waals surface area contributed by atoms with E-state index < -0.39 is 5.82 Å². The van der Waals surface area contributed by atoms with Crippen LogP contribution in [-0.2, 0) is 4.79 Å². The number of nitrogens with one attached hydrogen (secondary N) is 2. The number of aromatic nitrogens is 3. The summed E-state index contributed by atoms with van der Waals surface area (Å²) in [7, 11) is 0. The van der Waals surface area contributed by atoms with Crippen LogP contribution >= 0.6 is 12.2 Å². The Balaban J connectivity index is 1.90. The number of amides is 1. The lowest BCUT2D eigenvalue weighted by Gasteiger charge is -2.03. The Kier molecular flexibility index (Phi) is 4.80. The fourth-order valence-electron chi connectivity index (χ4n) is 2.20. The zero-order valence-electron chi connectivity index (χ0n) is 13.2. The van der Waals surface area contributed by atoms with Crippen molar-refractivity contribution in [2.24, 2.45) is 5.10 Å². The number of carbonyl (C=O) groups is 1. The molecule has 0 bridgehead atoms. The van der Waals surface area contributed by atoms with Gasteiger partial charge >= 0.3 is 0 Å². The molecule has 0 fully saturated rings. The zero-order chi connectivity index (χ0) is 17.8. The molecule has 0 spiro atoms. The van der Waals surface area contributed by atoms with Crippen LogP contribution < -0.4 is 5.32 Å². The smallest absolute Gasteiger partial charge is 0.221 e. The molecule has 0 saturated carbocycles. The van der Waals surface area contributed by atoms with Crippen molar-refractivity contribution in [1.29, 1.82) is 0 Å². The van der Waals surface area contributed by atoms with Gasteiger partial charge in [0.15, 0.2) is 5.82 Å². The predicted molar refractivity (Wildman–Crippen MR) is 96.5 cm³/mol. The Morgan fingerprint density at radius 1 is 1.28 bits per heavy atom. The van der Waals surface area contributed by atoms with Crippen molar-refractivity contribution >= 4 is 30.0 Å². The van der Waals surface area contributed by atoms with Gasteiger partial charge in [-0.2, -0.15) is 14.9 Å². The minimum atomic E-state index is -0.410. The molecule has 25 heavy (non-hydrogen) atoms. The summed E-state index contributed by atoms with van der Waals surface area (Å²) in [5.74, 6) is -0.262. The molecular weight excluding hydrogens is 341 g/mol. The molecule has 0 unspecified atom stereocenters. The monoisotopic (exact) mass is 355 g/mol. The first kappa shape index (κ1) is 16.7. The maximum atomic E-state index is 14.0. The van der Waals surface area contributed by atoms with Crippen LogP contribution in [0.4, 0.5) is 10.1 Å². The molecule has 3 aromatic rings. The van der Waals surface area contributed by atoms with E-state index in [1.165, 1.54) is 17.7 Å². The molecule has 2 aromatic carbocycles. The van der Waals surface area contributed by atoms with Gasteiger partial charge in [-0.25, -0.2) is 9.49 Å². The fourth-order valence-corrected chi connectivity index (χ4v) is 2.38. The minimum absolute atomic E-state index is 0.138. The third-order valence-electron chi connectivity index (χ3n) is 3.32. The average Bonchev–Trinajstić information content (AvgIpc) is 2.95. The average molecular weight is 355 g/mol. The van der Waals surface area contributed by atoms with Gasteiger partial charge in [-0.1, -0.05) is 24.3 Å². The van der Waals surface area contributed by atoms with E-state index in [-0.39, 0.29) is 16.5 Å². The van der Waals surface area contributed by atoms with Crippen molar-refractivity contribution < 1.29 is 9.18 Å². The van der Waals surface area contributed by atoms with Gasteiger partial charge in [-0.05, 0) is 42.0 Å². The highest BCUT2D eigenvalue weighted by Crippen LogP contribution is 2.20. The Morgan fingerprint density at radius 2 is 2.00 bits per heavy atom. The van der Waals surface area contributed by atoms with Crippen LogP contribution in [0.2, 0.25) is 0 Å². The summed E-state index contributed by atoms with van der Waals surface area (Å²) >= 11 is 5.16. The molecule has 0 saturated heterocycles. The number of anilines is 1. The molecule has 8 heteroatoms. The molecule has 2 N–H and O–H groups in total. The molecule has 0 aliphatic rings. The standard InChI is InChI=1S/C17H14FN5OS/c1-11(24)20-13-8-6-12(7-9-13)10-19-23-16(21-22-17(23)25)14-4-2-3-5-15(14)18/h2-10H,1H3,(H,20,24)(H,22,25)/b19-10-. The minimum Gasteiger partial charge on any atom is -0.326 e. The van der Waals surface area contributed by atoms with Crippen LogP contribution in [-0.4, -0.2) is 27.0 Å². The molecule has 1 aromatic heterocycles. The summed E-state index contributed by atoms with van der Waals surface area (Å²) < 4.78 is 15.6. The highest BCUT2D eigenvalue weighted by molar-refractivity contribution is 7.71. The van der Waals surface area contributed by atoms with E-state index in [1.54, 1.807) is 48.7 Å².